The molecule has 1 N–H and O–H groups in total. The van der Waals surface area contributed by atoms with Crippen molar-refractivity contribution in [3.63, 3.8) is 0 Å². The summed E-state index contributed by atoms with van der Waals surface area (Å²) in [5.41, 5.74) is 0.0971. The fourth-order valence-electron chi connectivity index (χ4n) is 2.03. The smallest absolute Gasteiger partial charge is 0.255 e. The number of hydrogen-bond acceptors (Lipinski definition) is 5. The van der Waals surface area contributed by atoms with E-state index in [0.717, 1.165) is 0 Å². The number of rotatable bonds is 7. The third-order valence-electron chi connectivity index (χ3n) is 3.28. The van der Waals surface area contributed by atoms with Crippen LogP contribution in [0.3, 0.4) is 0 Å². The van der Waals surface area contributed by atoms with Gasteiger partial charge in [-0.25, -0.2) is 4.39 Å². The molecule has 1 aromatic carbocycles. The van der Waals surface area contributed by atoms with Crippen molar-refractivity contribution >= 4 is 17.7 Å². The van der Waals surface area contributed by atoms with Crippen LogP contribution in [0.2, 0.25) is 0 Å². The normalized spacial score (nSPS) is 11.0. The van der Waals surface area contributed by atoms with E-state index in [-0.39, 0.29) is 11.5 Å². The van der Waals surface area contributed by atoms with Gasteiger partial charge in [-0.3, -0.25) is 4.79 Å². The first kappa shape index (κ1) is 17.5. The van der Waals surface area contributed by atoms with Gasteiger partial charge in [0, 0.05) is 23.8 Å². The Kier molecular flexibility index (Phi) is 6.15. The Morgan fingerprint density at radius 2 is 2.22 bits per heavy atom. The second-order valence-corrected chi connectivity index (χ2v) is 6.23. The molecular formula is C16H20FN3O2S. The van der Waals surface area contributed by atoms with Gasteiger partial charge in [0.05, 0.1) is 5.56 Å². The molecule has 2 aromatic rings. The zero-order valence-corrected chi connectivity index (χ0v) is 14.2. The lowest BCUT2D eigenvalue weighted by molar-refractivity contribution is 0.0945. The maximum absolute atomic E-state index is 13.8. The molecule has 2 rings (SSSR count). The van der Waals surface area contributed by atoms with E-state index in [2.05, 4.69) is 15.5 Å². The molecule has 0 atom stereocenters. The van der Waals surface area contributed by atoms with E-state index in [1.54, 1.807) is 12.1 Å². The van der Waals surface area contributed by atoms with Crippen LogP contribution in [0.1, 0.15) is 48.3 Å². The highest BCUT2D eigenvalue weighted by molar-refractivity contribution is 7.98. The summed E-state index contributed by atoms with van der Waals surface area (Å²) < 4.78 is 19.0. The molecule has 0 aliphatic carbocycles. The Morgan fingerprint density at radius 3 is 2.87 bits per heavy atom. The average molecular weight is 337 g/mol. The van der Waals surface area contributed by atoms with E-state index in [4.69, 9.17) is 4.52 Å². The predicted octanol–water partition coefficient (Wildman–Crippen LogP) is 3.42. The van der Waals surface area contributed by atoms with Crippen LogP contribution in [-0.4, -0.2) is 28.8 Å². The van der Waals surface area contributed by atoms with Gasteiger partial charge in [0.2, 0.25) is 5.89 Å². The van der Waals surface area contributed by atoms with Gasteiger partial charge < -0.3 is 9.84 Å². The third kappa shape index (κ3) is 4.54. The fourth-order valence-corrected chi connectivity index (χ4v) is 2.64. The number of halogens is 1. The molecule has 0 aliphatic rings. The van der Waals surface area contributed by atoms with Gasteiger partial charge >= 0.3 is 0 Å². The highest BCUT2D eigenvalue weighted by atomic mass is 32.2. The zero-order valence-electron chi connectivity index (χ0n) is 13.4. The molecule has 1 aromatic heterocycles. The third-order valence-corrected chi connectivity index (χ3v) is 4.06. The molecule has 1 amide bonds. The molecule has 0 spiro atoms. The van der Waals surface area contributed by atoms with Crippen LogP contribution in [0.25, 0.3) is 0 Å². The summed E-state index contributed by atoms with van der Waals surface area (Å²) in [6.07, 6.45) is 3.04. The second-order valence-electron chi connectivity index (χ2n) is 5.38. The van der Waals surface area contributed by atoms with Crippen molar-refractivity contribution in [2.45, 2.75) is 37.5 Å². The zero-order chi connectivity index (χ0) is 16.8. The number of thioether (sulfide) groups is 1. The lowest BCUT2D eigenvalue weighted by atomic mass is 10.2. The van der Waals surface area contributed by atoms with Gasteiger partial charge in [0.1, 0.15) is 5.82 Å². The van der Waals surface area contributed by atoms with Crippen LogP contribution in [0.5, 0.6) is 0 Å². The summed E-state index contributed by atoms with van der Waals surface area (Å²) in [5, 5.41) is 6.62. The first-order chi connectivity index (χ1) is 11.0. The SMILES string of the molecule is CSc1cccc(F)c1C(=O)NCCCc1nc(C(C)C)no1. The maximum atomic E-state index is 13.8. The molecule has 1 heterocycles. The molecule has 23 heavy (non-hydrogen) atoms. The fraction of sp³-hybridized carbons (Fsp3) is 0.438. The molecule has 7 heteroatoms. The van der Waals surface area contributed by atoms with Crippen molar-refractivity contribution in [3.05, 3.63) is 41.3 Å². The number of carbonyl (C=O) groups is 1. The van der Waals surface area contributed by atoms with Crippen molar-refractivity contribution < 1.29 is 13.7 Å². The maximum Gasteiger partial charge on any atom is 0.255 e. The molecule has 0 fully saturated rings. The number of nitrogens with zero attached hydrogens (tertiary/aromatic N) is 2. The molecular weight excluding hydrogens is 317 g/mol. The highest BCUT2D eigenvalue weighted by Crippen LogP contribution is 2.22. The number of amides is 1. The van der Waals surface area contributed by atoms with Crippen LogP contribution in [0, 0.1) is 5.82 Å². The first-order valence-corrected chi connectivity index (χ1v) is 8.68. The Morgan fingerprint density at radius 1 is 1.43 bits per heavy atom. The summed E-state index contributed by atoms with van der Waals surface area (Å²) in [5.74, 6) is 0.547. The van der Waals surface area contributed by atoms with Crippen LogP contribution in [0.15, 0.2) is 27.6 Å². The van der Waals surface area contributed by atoms with Crippen molar-refractivity contribution in [3.8, 4) is 0 Å². The van der Waals surface area contributed by atoms with Gasteiger partial charge in [0.25, 0.3) is 5.91 Å². The van der Waals surface area contributed by atoms with Crippen LogP contribution < -0.4 is 5.32 Å². The number of aromatic nitrogens is 2. The van der Waals surface area contributed by atoms with E-state index in [0.29, 0.717) is 36.0 Å². The largest absolute Gasteiger partial charge is 0.352 e. The topological polar surface area (TPSA) is 68.0 Å². The van der Waals surface area contributed by atoms with Crippen LogP contribution in [0.4, 0.5) is 4.39 Å². The van der Waals surface area contributed by atoms with Gasteiger partial charge in [0.15, 0.2) is 5.82 Å². The van der Waals surface area contributed by atoms with E-state index in [9.17, 15) is 9.18 Å². The molecule has 124 valence electrons. The molecule has 0 unspecified atom stereocenters. The molecule has 0 saturated carbocycles. The number of hydrogen-bond donors (Lipinski definition) is 1. The van der Waals surface area contributed by atoms with Gasteiger partial charge in [-0.1, -0.05) is 25.1 Å². The van der Waals surface area contributed by atoms with Crippen LogP contribution in [-0.2, 0) is 6.42 Å². The molecule has 0 radical (unpaired) electrons. The average Bonchev–Trinajstić information content (AvgIpc) is 3.00. The Balaban J connectivity index is 1.85. The lowest BCUT2D eigenvalue weighted by Crippen LogP contribution is -2.26. The quantitative estimate of drug-likeness (QED) is 0.619. The van der Waals surface area contributed by atoms with Crippen molar-refractivity contribution in [2.75, 3.05) is 12.8 Å². The second kappa shape index (κ2) is 8.10. The monoisotopic (exact) mass is 337 g/mol. The highest BCUT2D eigenvalue weighted by Gasteiger charge is 2.16. The van der Waals surface area contributed by atoms with Gasteiger partial charge in [-0.15, -0.1) is 11.8 Å². The number of carbonyl (C=O) groups excluding carboxylic acids is 1. The summed E-state index contributed by atoms with van der Waals surface area (Å²) in [6, 6.07) is 4.62. The Hall–Kier alpha value is -1.89. The summed E-state index contributed by atoms with van der Waals surface area (Å²) in [6.45, 7) is 4.40. The van der Waals surface area contributed by atoms with E-state index in [1.807, 2.05) is 20.1 Å². The predicted molar refractivity (Wildman–Crippen MR) is 87.2 cm³/mol. The van der Waals surface area contributed by atoms with Crippen molar-refractivity contribution in [1.82, 2.24) is 15.5 Å². The Bertz CT molecular complexity index is 673. The van der Waals surface area contributed by atoms with E-state index >= 15 is 0 Å². The standard InChI is InChI=1S/C16H20FN3O2S/c1-10(2)15-19-13(22-20-15)8-5-9-18-16(21)14-11(17)6-4-7-12(14)23-3/h4,6-7,10H,5,8-9H2,1-3H3,(H,18,21). The summed E-state index contributed by atoms with van der Waals surface area (Å²) >= 11 is 1.35. The Labute approximate surface area is 139 Å². The number of aryl methyl sites for hydroxylation is 1. The number of benzene rings is 1. The minimum Gasteiger partial charge on any atom is -0.352 e. The summed E-state index contributed by atoms with van der Waals surface area (Å²) in [7, 11) is 0. The minimum atomic E-state index is -0.507. The van der Waals surface area contributed by atoms with Crippen molar-refractivity contribution in [1.29, 1.82) is 0 Å². The van der Waals surface area contributed by atoms with E-state index in [1.165, 1.54) is 17.8 Å². The van der Waals surface area contributed by atoms with E-state index < -0.39 is 11.7 Å². The molecule has 5 nitrogen and oxygen atoms in total. The first-order valence-electron chi connectivity index (χ1n) is 7.46. The van der Waals surface area contributed by atoms with Crippen LogP contribution >= 0.6 is 11.8 Å². The van der Waals surface area contributed by atoms with Gasteiger partial charge in [-0.2, -0.15) is 4.98 Å². The lowest BCUT2D eigenvalue weighted by Gasteiger charge is -2.09. The molecule has 0 saturated heterocycles. The molecule has 0 aliphatic heterocycles. The number of nitrogens with one attached hydrogen (secondary N) is 1. The van der Waals surface area contributed by atoms with Crippen molar-refractivity contribution in [2.24, 2.45) is 0 Å². The molecule has 0 bridgehead atoms. The minimum absolute atomic E-state index is 0.0971. The van der Waals surface area contributed by atoms with Gasteiger partial charge in [-0.05, 0) is 24.8 Å². The summed E-state index contributed by atoms with van der Waals surface area (Å²) in [4.78, 5) is 17.0.